The number of ether oxygens (including phenoxy) is 1. The Morgan fingerprint density at radius 2 is 1.70 bits per heavy atom. The van der Waals surface area contributed by atoms with Gasteiger partial charge in [-0.05, 0) is 43.5 Å². The van der Waals surface area contributed by atoms with Crippen molar-refractivity contribution in [3.05, 3.63) is 59.7 Å². The monoisotopic (exact) mass is 475 g/mol. The van der Waals surface area contributed by atoms with Gasteiger partial charge >= 0.3 is 0 Å². The number of sulfonamides is 1. The van der Waals surface area contributed by atoms with E-state index < -0.39 is 28.5 Å². The lowest BCUT2D eigenvalue weighted by atomic mass is 10.1. The number of likely N-dealkylation sites (N-methyl/N-ethyl adjacent to an activating group) is 1. The zero-order valence-corrected chi connectivity index (χ0v) is 20.7. The van der Waals surface area contributed by atoms with Gasteiger partial charge in [0, 0.05) is 13.6 Å². The normalized spacial score (nSPS) is 12.0. The third-order valence-corrected chi connectivity index (χ3v) is 6.47. The fourth-order valence-electron chi connectivity index (χ4n) is 3.59. The number of para-hydroxylation sites is 2. The summed E-state index contributed by atoms with van der Waals surface area (Å²) in [4.78, 5) is 27.6. The predicted octanol–water partition coefficient (Wildman–Crippen LogP) is 2.71. The summed E-state index contributed by atoms with van der Waals surface area (Å²) in [5, 5.41) is 2.61. The van der Waals surface area contributed by atoms with Gasteiger partial charge in [-0.2, -0.15) is 0 Å². The van der Waals surface area contributed by atoms with Crippen molar-refractivity contribution < 1.29 is 22.7 Å². The number of rotatable bonds is 11. The van der Waals surface area contributed by atoms with Crippen LogP contribution in [0.1, 0.15) is 31.4 Å². The molecule has 1 atom stereocenters. The SMILES string of the molecule is CCOc1ccccc1N(CC(=O)N(Cc1ccccc1C)[C@H](CC)C(=O)NC)S(C)(=O)=O. The highest BCUT2D eigenvalue weighted by molar-refractivity contribution is 7.92. The van der Waals surface area contributed by atoms with Gasteiger partial charge in [0.1, 0.15) is 18.3 Å². The van der Waals surface area contributed by atoms with Crippen molar-refractivity contribution in [2.45, 2.75) is 39.8 Å². The molecule has 0 spiro atoms. The van der Waals surface area contributed by atoms with E-state index in [9.17, 15) is 18.0 Å². The standard InChI is InChI=1S/C24H33N3O5S/c1-6-20(24(29)25-4)26(16-19-13-9-8-12-18(19)3)23(28)17-27(33(5,30)31)21-14-10-11-15-22(21)32-7-2/h8-15,20H,6-7,16-17H2,1-5H3,(H,25,29)/t20-/m1/s1. The average Bonchev–Trinajstić information content (AvgIpc) is 2.78. The number of carbonyl (C=O) groups is 2. The first kappa shape index (κ1) is 26.2. The van der Waals surface area contributed by atoms with E-state index >= 15 is 0 Å². The van der Waals surface area contributed by atoms with Crippen LogP contribution in [0, 0.1) is 6.92 Å². The van der Waals surface area contributed by atoms with E-state index in [-0.39, 0.29) is 18.1 Å². The van der Waals surface area contributed by atoms with Crippen LogP contribution in [0.5, 0.6) is 5.75 Å². The van der Waals surface area contributed by atoms with Crippen LogP contribution in [-0.4, -0.2) is 57.6 Å². The second-order valence-electron chi connectivity index (χ2n) is 7.66. The van der Waals surface area contributed by atoms with E-state index in [0.29, 0.717) is 18.8 Å². The average molecular weight is 476 g/mol. The molecule has 0 fully saturated rings. The first-order valence-corrected chi connectivity index (χ1v) is 12.7. The number of benzene rings is 2. The molecule has 8 nitrogen and oxygen atoms in total. The van der Waals surface area contributed by atoms with E-state index in [1.54, 1.807) is 31.2 Å². The summed E-state index contributed by atoms with van der Waals surface area (Å²) in [6.45, 7) is 5.61. The molecule has 1 N–H and O–H groups in total. The summed E-state index contributed by atoms with van der Waals surface area (Å²) in [7, 11) is -2.30. The van der Waals surface area contributed by atoms with Crippen LogP contribution < -0.4 is 14.4 Å². The molecule has 0 unspecified atom stereocenters. The largest absolute Gasteiger partial charge is 0.492 e. The summed E-state index contributed by atoms with van der Waals surface area (Å²) in [5.41, 5.74) is 2.14. The van der Waals surface area contributed by atoms with Crippen LogP contribution in [0.3, 0.4) is 0 Å². The van der Waals surface area contributed by atoms with Crippen molar-refractivity contribution in [3.8, 4) is 5.75 Å². The fourth-order valence-corrected chi connectivity index (χ4v) is 4.45. The van der Waals surface area contributed by atoms with Gasteiger partial charge in [0.25, 0.3) is 0 Å². The molecule has 0 heterocycles. The summed E-state index contributed by atoms with van der Waals surface area (Å²) in [6, 6.07) is 13.5. The molecule has 33 heavy (non-hydrogen) atoms. The van der Waals surface area contributed by atoms with Crippen molar-refractivity contribution in [1.29, 1.82) is 0 Å². The van der Waals surface area contributed by atoms with E-state index in [1.165, 1.54) is 11.9 Å². The van der Waals surface area contributed by atoms with Crippen LogP contribution >= 0.6 is 0 Å². The van der Waals surface area contributed by atoms with E-state index in [1.807, 2.05) is 38.1 Å². The lowest BCUT2D eigenvalue weighted by molar-refractivity contribution is -0.140. The first-order valence-electron chi connectivity index (χ1n) is 10.9. The molecule has 0 saturated heterocycles. The van der Waals surface area contributed by atoms with Crippen LogP contribution in [0.25, 0.3) is 0 Å². The molecule has 0 aromatic heterocycles. The molecule has 0 saturated carbocycles. The summed E-state index contributed by atoms with van der Waals surface area (Å²) < 4.78 is 32.0. The number of carbonyl (C=O) groups excluding carboxylic acids is 2. The minimum atomic E-state index is -3.82. The van der Waals surface area contributed by atoms with Crippen molar-refractivity contribution >= 4 is 27.5 Å². The quantitative estimate of drug-likeness (QED) is 0.539. The lowest BCUT2D eigenvalue weighted by Gasteiger charge is -2.33. The van der Waals surface area contributed by atoms with Crippen LogP contribution in [0.2, 0.25) is 0 Å². The second-order valence-corrected chi connectivity index (χ2v) is 9.56. The van der Waals surface area contributed by atoms with Gasteiger partial charge in [-0.15, -0.1) is 0 Å². The molecular formula is C24H33N3O5S. The maximum absolute atomic E-state index is 13.6. The third kappa shape index (κ3) is 6.71. The minimum absolute atomic E-state index is 0.183. The molecule has 2 aromatic carbocycles. The van der Waals surface area contributed by atoms with Crippen molar-refractivity contribution in [2.75, 3.05) is 30.8 Å². The summed E-state index contributed by atoms with van der Waals surface area (Å²) in [6.07, 6.45) is 1.43. The van der Waals surface area contributed by atoms with Gasteiger partial charge in [0.2, 0.25) is 21.8 Å². The van der Waals surface area contributed by atoms with Gasteiger partial charge in [0.15, 0.2) is 0 Å². The third-order valence-electron chi connectivity index (χ3n) is 5.35. The number of anilines is 1. The number of hydrogen-bond donors (Lipinski definition) is 1. The fraction of sp³-hybridized carbons (Fsp3) is 0.417. The Morgan fingerprint density at radius 1 is 1.06 bits per heavy atom. The molecule has 0 aliphatic carbocycles. The number of hydrogen-bond acceptors (Lipinski definition) is 5. The molecule has 9 heteroatoms. The Morgan fingerprint density at radius 3 is 2.27 bits per heavy atom. The Bertz CT molecular complexity index is 1070. The summed E-state index contributed by atoms with van der Waals surface area (Å²) >= 11 is 0. The van der Waals surface area contributed by atoms with E-state index in [2.05, 4.69) is 5.32 Å². The second kappa shape index (κ2) is 11.7. The van der Waals surface area contributed by atoms with Crippen molar-refractivity contribution in [3.63, 3.8) is 0 Å². The van der Waals surface area contributed by atoms with Crippen molar-refractivity contribution in [1.82, 2.24) is 10.2 Å². The molecule has 2 rings (SSSR count). The highest BCUT2D eigenvalue weighted by Crippen LogP contribution is 2.30. The molecular weight excluding hydrogens is 442 g/mol. The number of aryl methyl sites for hydroxylation is 1. The van der Waals surface area contributed by atoms with Gasteiger partial charge in [-0.25, -0.2) is 8.42 Å². The highest BCUT2D eigenvalue weighted by atomic mass is 32.2. The molecule has 180 valence electrons. The Labute approximate surface area is 196 Å². The van der Waals surface area contributed by atoms with Gasteiger partial charge in [0.05, 0.1) is 18.6 Å². The lowest BCUT2D eigenvalue weighted by Crippen LogP contribution is -2.51. The smallest absolute Gasteiger partial charge is 0.244 e. The number of amides is 2. The van der Waals surface area contributed by atoms with Crippen LogP contribution in [0.4, 0.5) is 5.69 Å². The first-order chi connectivity index (χ1) is 15.6. The number of nitrogens with zero attached hydrogens (tertiary/aromatic N) is 2. The molecule has 0 aliphatic heterocycles. The molecule has 2 aromatic rings. The molecule has 2 amide bonds. The minimum Gasteiger partial charge on any atom is -0.492 e. The van der Waals surface area contributed by atoms with Crippen molar-refractivity contribution in [2.24, 2.45) is 0 Å². The number of nitrogens with one attached hydrogen (secondary N) is 1. The van der Waals surface area contributed by atoms with Crippen LogP contribution in [0.15, 0.2) is 48.5 Å². The van der Waals surface area contributed by atoms with Gasteiger partial charge in [-0.1, -0.05) is 43.3 Å². The van der Waals surface area contributed by atoms with Gasteiger partial charge in [-0.3, -0.25) is 13.9 Å². The zero-order valence-electron chi connectivity index (χ0n) is 19.9. The molecule has 0 aliphatic rings. The Hall–Kier alpha value is -3.07. The topological polar surface area (TPSA) is 96.0 Å². The van der Waals surface area contributed by atoms with E-state index in [0.717, 1.165) is 21.7 Å². The van der Waals surface area contributed by atoms with E-state index in [4.69, 9.17) is 4.74 Å². The highest BCUT2D eigenvalue weighted by Gasteiger charge is 2.32. The molecule has 0 radical (unpaired) electrons. The Balaban J connectivity index is 2.49. The predicted molar refractivity (Wildman–Crippen MR) is 130 cm³/mol. The van der Waals surface area contributed by atoms with Gasteiger partial charge < -0.3 is 15.0 Å². The Kier molecular flexibility index (Phi) is 9.28. The van der Waals surface area contributed by atoms with Crippen LogP contribution in [-0.2, 0) is 26.2 Å². The molecule has 0 bridgehead atoms. The maximum Gasteiger partial charge on any atom is 0.244 e. The zero-order chi connectivity index (χ0) is 24.6. The maximum atomic E-state index is 13.6. The summed E-state index contributed by atoms with van der Waals surface area (Å²) in [5.74, 6) is -0.424.